The first kappa shape index (κ1) is 14.5. The zero-order chi connectivity index (χ0) is 13.7. The molecule has 0 aliphatic carbocycles. The van der Waals surface area contributed by atoms with Crippen LogP contribution in [0.5, 0.6) is 0 Å². The van der Waals surface area contributed by atoms with Crippen LogP contribution >= 0.6 is 11.6 Å². The topological polar surface area (TPSA) is 15.3 Å². The summed E-state index contributed by atoms with van der Waals surface area (Å²) < 4.78 is 13.5. The fourth-order valence-corrected chi connectivity index (χ4v) is 2.83. The van der Waals surface area contributed by atoms with E-state index in [-0.39, 0.29) is 11.9 Å². The molecule has 0 spiro atoms. The molecule has 0 saturated carbocycles. The predicted octanol–water partition coefficient (Wildman–Crippen LogP) is 3.39. The molecule has 0 radical (unpaired) electrons. The molecule has 0 unspecified atom stereocenters. The van der Waals surface area contributed by atoms with E-state index < -0.39 is 0 Å². The van der Waals surface area contributed by atoms with Gasteiger partial charge in [-0.3, -0.25) is 4.90 Å². The number of hydrogen-bond donors (Lipinski definition) is 1. The van der Waals surface area contributed by atoms with Crippen molar-refractivity contribution in [2.75, 3.05) is 26.2 Å². The van der Waals surface area contributed by atoms with Gasteiger partial charge >= 0.3 is 0 Å². The Bertz CT molecular complexity index is 410. The summed E-state index contributed by atoms with van der Waals surface area (Å²) in [7, 11) is 0. The highest BCUT2D eigenvalue weighted by atomic mass is 35.5. The Kier molecular flexibility index (Phi) is 5.37. The van der Waals surface area contributed by atoms with Gasteiger partial charge in [-0.05, 0) is 36.6 Å². The summed E-state index contributed by atoms with van der Waals surface area (Å²) >= 11 is 5.98. The van der Waals surface area contributed by atoms with E-state index in [2.05, 4.69) is 16.8 Å². The summed E-state index contributed by atoms with van der Waals surface area (Å²) in [5, 5.41) is 3.80. The van der Waals surface area contributed by atoms with E-state index in [9.17, 15) is 4.39 Å². The summed E-state index contributed by atoms with van der Waals surface area (Å²) in [5.41, 5.74) is 0.966. The molecule has 1 aliphatic heterocycles. The van der Waals surface area contributed by atoms with E-state index in [1.807, 2.05) is 12.1 Å². The first-order valence-electron chi connectivity index (χ1n) is 6.72. The smallest absolute Gasteiger partial charge is 0.125 e. The lowest BCUT2D eigenvalue weighted by Crippen LogP contribution is -2.45. The van der Waals surface area contributed by atoms with Crippen LogP contribution in [0.1, 0.15) is 24.4 Å². The molecule has 1 N–H and O–H groups in total. The van der Waals surface area contributed by atoms with Crippen molar-refractivity contribution in [2.45, 2.75) is 18.9 Å². The third-order valence-electron chi connectivity index (χ3n) is 3.51. The van der Waals surface area contributed by atoms with Gasteiger partial charge in [0.25, 0.3) is 0 Å². The minimum Gasteiger partial charge on any atom is -0.314 e. The van der Waals surface area contributed by atoms with E-state index in [0.717, 1.165) is 44.6 Å². The number of halogens is 2. The lowest BCUT2D eigenvalue weighted by molar-refractivity contribution is 0.166. The van der Waals surface area contributed by atoms with Crippen LogP contribution in [0.3, 0.4) is 0 Å². The second kappa shape index (κ2) is 7.04. The molecule has 1 atom stereocenters. The van der Waals surface area contributed by atoms with Crippen LogP contribution in [-0.2, 0) is 0 Å². The molecule has 19 heavy (non-hydrogen) atoms. The molecule has 104 valence electrons. The molecule has 0 aromatic heterocycles. The van der Waals surface area contributed by atoms with Gasteiger partial charge in [-0.15, -0.1) is 6.58 Å². The van der Waals surface area contributed by atoms with E-state index >= 15 is 0 Å². The fourth-order valence-electron chi connectivity index (χ4n) is 2.60. The van der Waals surface area contributed by atoms with Gasteiger partial charge in [0, 0.05) is 37.2 Å². The number of rotatable bonds is 5. The lowest BCUT2D eigenvalue weighted by Gasteiger charge is -2.35. The van der Waals surface area contributed by atoms with Crippen molar-refractivity contribution < 1.29 is 4.39 Å². The SMILES string of the molecule is C=CCC[C@@H](c1cc(F)cc(Cl)c1)N1CCNCC1. The van der Waals surface area contributed by atoms with Crippen LogP contribution in [0.25, 0.3) is 0 Å². The first-order chi connectivity index (χ1) is 9.20. The van der Waals surface area contributed by atoms with Gasteiger partial charge in [0.15, 0.2) is 0 Å². The van der Waals surface area contributed by atoms with Crippen molar-refractivity contribution in [3.8, 4) is 0 Å². The van der Waals surface area contributed by atoms with Crippen LogP contribution in [0.2, 0.25) is 5.02 Å². The molecule has 1 saturated heterocycles. The lowest BCUT2D eigenvalue weighted by atomic mass is 9.99. The van der Waals surface area contributed by atoms with Crippen molar-refractivity contribution in [3.05, 3.63) is 47.3 Å². The van der Waals surface area contributed by atoms with E-state index in [0.29, 0.717) is 5.02 Å². The Balaban J connectivity index is 2.21. The maximum absolute atomic E-state index is 13.5. The normalized spacial score (nSPS) is 18.2. The van der Waals surface area contributed by atoms with E-state index in [4.69, 9.17) is 11.6 Å². The van der Waals surface area contributed by atoms with Gasteiger partial charge in [0.05, 0.1) is 0 Å². The van der Waals surface area contributed by atoms with Crippen LogP contribution in [0.4, 0.5) is 4.39 Å². The average Bonchev–Trinajstić information content (AvgIpc) is 2.39. The molecule has 0 bridgehead atoms. The van der Waals surface area contributed by atoms with Crippen LogP contribution in [-0.4, -0.2) is 31.1 Å². The minimum absolute atomic E-state index is 0.216. The number of allylic oxidation sites excluding steroid dienone is 1. The number of benzene rings is 1. The monoisotopic (exact) mass is 282 g/mol. The maximum Gasteiger partial charge on any atom is 0.125 e. The minimum atomic E-state index is -0.263. The summed E-state index contributed by atoms with van der Waals surface area (Å²) in [6, 6.07) is 5.04. The van der Waals surface area contributed by atoms with Gasteiger partial charge < -0.3 is 5.32 Å². The van der Waals surface area contributed by atoms with Crippen LogP contribution < -0.4 is 5.32 Å². The summed E-state index contributed by atoms with van der Waals surface area (Å²) in [4.78, 5) is 2.39. The van der Waals surface area contributed by atoms with Crippen LogP contribution in [0.15, 0.2) is 30.9 Å². The number of hydrogen-bond acceptors (Lipinski definition) is 2. The molecule has 2 nitrogen and oxygen atoms in total. The Morgan fingerprint density at radius 2 is 2.11 bits per heavy atom. The summed E-state index contributed by atoms with van der Waals surface area (Å²) in [6.45, 7) is 7.70. The van der Waals surface area contributed by atoms with Crippen molar-refractivity contribution >= 4 is 11.6 Å². The third kappa shape index (κ3) is 4.03. The molecule has 1 fully saturated rings. The standard InChI is InChI=1S/C15H20ClFN2/c1-2-3-4-15(19-7-5-18-6-8-19)12-9-13(16)11-14(17)10-12/h2,9-11,15,18H,1,3-8H2/t15-/m0/s1. The van der Waals surface area contributed by atoms with Crippen molar-refractivity contribution in [3.63, 3.8) is 0 Å². The Morgan fingerprint density at radius 3 is 2.74 bits per heavy atom. The van der Waals surface area contributed by atoms with Gasteiger partial charge in [0.1, 0.15) is 5.82 Å². The Labute approximate surface area is 119 Å². The van der Waals surface area contributed by atoms with Crippen LogP contribution in [0, 0.1) is 5.82 Å². The highest BCUT2D eigenvalue weighted by Crippen LogP contribution is 2.29. The molecule has 4 heteroatoms. The zero-order valence-corrected chi connectivity index (χ0v) is 11.8. The molecule has 1 aromatic carbocycles. The Morgan fingerprint density at radius 1 is 1.37 bits per heavy atom. The summed E-state index contributed by atoms with van der Waals surface area (Å²) in [6.07, 6.45) is 3.78. The Hall–Kier alpha value is -0.900. The molecular formula is C15H20ClFN2. The maximum atomic E-state index is 13.5. The second-order valence-electron chi connectivity index (χ2n) is 4.87. The number of nitrogens with one attached hydrogen (secondary N) is 1. The molecule has 1 aliphatic rings. The first-order valence-corrected chi connectivity index (χ1v) is 7.10. The van der Waals surface area contributed by atoms with Crippen molar-refractivity contribution in [1.29, 1.82) is 0 Å². The highest BCUT2D eigenvalue weighted by molar-refractivity contribution is 6.30. The zero-order valence-electron chi connectivity index (χ0n) is 11.0. The molecular weight excluding hydrogens is 263 g/mol. The van der Waals surface area contributed by atoms with Crippen molar-refractivity contribution in [1.82, 2.24) is 10.2 Å². The van der Waals surface area contributed by atoms with Crippen molar-refractivity contribution in [2.24, 2.45) is 0 Å². The second-order valence-corrected chi connectivity index (χ2v) is 5.31. The van der Waals surface area contributed by atoms with Gasteiger partial charge in [-0.1, -0.05) is 17.7 Å². The largest absolute Gasteiger partial charge is 0.314 e. The highest BCUT2D eigenvalue weighted by Gasteiger charge is 2.22. The van der Waals surface area contributed by atoms with Gasteiger partial charge in [0.2, 0.25) is 0 Å². The molecule has 0 amide bonds. The number of nitrogens with zero attached hydrogens (tertiary/aromatic N) is 1. The number of piperazine rings is 1. The molecule has 1 heterocycles. The fraction of sp³-hybridized carbons (Fsp3) is 0.467. The summed E-state index contributed by atoms with van der Waals surface area (Å²) in [5.74, 6) is -0.263. The third-order valence-corrected chi connectivity index (χ3v) is 3.72. The van der Waals surface area contributed by atoms with Gasteiger partial charge in [-0.25, -0.2) is 4.39 Å². The average molecular weight is 283 g/mol. The molecule has 1 aromatic rings. The molecule has 2 rings (SSSR count). The predicted molar refractivity (Wildman–Crippen MR) is 78.0 cm³/mol. The van der Waals surface area contributed by atoms with E-state index in [1.165, 1.54) is 6.07 Å². The van der Waals surface area contributed by atoms with E-state index in [1.54, 1.807) is 6.07 Å². The quantitative estimate of drug-likeness (QED) is 0.833. The van der Waals surface area contributed by atoms with Gasteiger partial charge in [-0.2, -0.15) is 0 Å².